The Morgan fingerprint density at radius 2 is 2.19 bits per heavy atom. The van der Waals surface area contributed by atoms with Crippen LogP contribution in [0.5, 0.6) is 0 Å². The van der Waals surface area contributed by atoms with Crippen LogP contribution < -0.4 is 5.32 Å². The highest BCUT2D eigenvalue weighted by molar-refractivity contribution is 7.11. The number of rotatable bonds is 4. The number of hydrogen-bond donors (Lipinski definition) is 2. The maximum atomic E-state index is 4.28. The Morgan fingerprint density at radius 3 is 2.75 bits per heavy atom. The van der Waals surface area contributed by atoms with Gasteiger partial charge < -0.3 is 5.32 Å². The molecule has 0 aliphatic rings. The van der Waals surface area contributed by atoms with E-state index >= 15 is 0 Å². The van der Waals surface area contributed by atoms with Crippen LogP contribution >= 0.6 is 11.3 Å². The molecule has 0 fully saturated rings. The Bertz CT molecular complexity index is 470. The number of hydrogen-bond acceptors (Lipinski definition) is 3. The van der Waals surface area contributed by atoms with Gasteiger partial charge >= 0.3 is 0 Å². The largest absolute Gasteiger partial charge is 0.363 e. The van der Waals surface area contributed by atoms with Crippen LogP contribution in [-0.2, 0) is 13.0 Å². The van der Waals surface area contributed by atoms with Crippen LogP contribution in [0.25, 0.3) is 0 Å². The summed E-state index contributed by atoms with van der Waals surface area (Å²) >= 11 is 1.82. The minimum absolute atomic E-state index is 0.855. The minimum Gasteiger partial charge on any atom is -0.363 e. The van der Waals surface area contributed by atoms with Gasteiger partial charge in [0.15, 0.2) is 5.82 Å². The van der Waals surface area contributed by atoms with E-state index in [-0.39, 0.29) is 0 Å². The molecule has 0 aromatic carbocycles. The fraction of sp³-hybridized carbons (Fsp3) is 0.417. The third-order valence-corrected chi connectivity index (χ3v) is 3.69. The van der Waals surface area contributed by atoms with Crippen molar-refractivity contribution in [1.29, 1.82) is 0 Å². The second-order valence-electron chi connectivity index (χ2n) is 3.90. The van der Waals surface area contributed by atoms with E-state index in [2.05, 4.69) is 48.4 Å². The van der Waals surface area contributed by atoms with Gasteiger partial charge in [0, 0.05) is 21.0 Å². The number of aromatic amines is 1. The zero-order valence-corrected chi connectivity index (χ0v) is 10.7. The van der Waals surface area contributed by atoms with Crippen LogP contribution in [0.1, 0.15) is 27.9 Å². The van der Waals surface area contributed by atoms with Crippen molar-refractivity contribution in [3.05, 3.63) is 33.1 Å². The van der Waals surface area contributed by atoms with Gasteiger partial charge in [0.05, 0.1) is 6.54 Å². The van der Waals surface area contributed by atoms with Gasteiger partial charge in [0.1, 0.15) is 0 Å². The number of aromatic nitrogens is 2. The Morgan fingerprint density at radius 1 is 1.38 bits per heavy atom. The maximum absolute atomic E-state index is 4.28. The van der Waals surface area contributed by atoms with Crippen molar-refractivity contribution in [2.24, 2.45) is 0 Å². The molecule has 0 unspecified atom stereocenters. The van der Waals surface area contributed by atoms with Gasteiger partial charge in [0.2, 0.25) is 0 Å². The average molecular weight is 235 g/mol. The number of anilines is 1. The first-order valence-corrected chi connectivity index (χ1v) is 6.35. The fourth-order valence-corrected chi connectivity index (χ4v) is 2.53. The van der Waals surface area contributed by atoms with Crippen LogP contribution in [0.4, 0.5) is 5.82 Å². The van der Waals surface area contributed by atoms with Crippen molar-refractivity contribution >= 4 is 17.2 Å². The highest BCUT2D eigenvalue weighted by atomic mass is 32.1. The molecule has 0 aliphatic carbocycles. The summed E-state index contributed by atoms with van der Waals surface area (Å²) in [5, 5.41) is 10.7. The van der Waals surface area contributed by atoms with E-state index in [0.717, 1.165) is 18.8 Å². The molecule has 0 aliphatic heterocycles. The molecule has 0 radical (unpaired) electrons. The number of aryl methyl sites for hydroxylation is 2. The number of nitrogens with one attached hydrogen (secondary N) is 2. The highest BCUT2D eigenvalue weighted by Gasteiger charge is 2.06. The first-order chi connectivity index (χ1) is 7.70. The monoisotopic (exact) mass is 235 g/mol. The minimum atomic E-state index is 0.855. The van der Waals surface area contributed by atoms with Crippen LogP contribution in [0.3, 0.4) is 0 Å². The summed E-state index contributed by atoms with van der Waals surface area (Å²) in [6.45, 7) is 7.22. The molecule has 3 nitrogen and oxygen atoms in total. The fourth-order valence-electron chi connectivity index (χ4n) is 1.70. The van der Waals surface area contributed by atoms with E-state index < -0.39 is 0 Å². The lowest BCUT2D eigenvalue weighted by Crippen LogP contribution is -1.99. The predicted octanol–water partition coefficient (Wildman–Crippen LogP) is 3.26. The number of H-pyrrole nitrogens is 1. The second-order valence-corrected chi connectivity index (χ2v) is 5.27. The van der Waals surface area contributed by atoms with Crippen molar-refractivity contribution in [1.82, 2.24) is 10.2 Å². The normalized spacial score (nSPS) is 10.7. The topological polar surface area (TPSA) is 40.7 Å². The van der Waals surface area contributed by atoms with E-state index in [0.29, 0.717) is 0 Å². The summed E-state index contributed by atoms with van der Waals surface area (Å²) in [6.07, 6.45) is 0.999. The van der Waals surface area contributed by atoms with Crippen LogP contribution in [0, 0.1) is 13.8 Å². The van der Waals surface area contributed by atoms with Gasteiger partial charge in [0.25, 0.3) is 0 Å². The number of nitrogens with zero attached hydrogens (tertiary/aromatic N) is 1. The van der Waals surface area contributed by atoms with Gasteiger partial charge in [-0.3, -0.25) is 5.10 Å². The first kappa shape index (κ1) is 11.2. The van der Waals surface area contributed by atoms with E-state index in [1.165, 1.54) is 21.0 Å². The van der Waals surface area contributed by atoms with E-state index in [4.69, 9.17) is 0 Å². The molecule has 2 heterocycles. The van der Waals surface area contributed by atoms with E-state index in [1.54, 1.807) is 0 Å². The molecular formula is C12H17N3S. The summed E-state index contributed by atoms with van der Waals surface area (Å²) in [7, 11) is 0. The van der Waals surface area contributed by atoms with Gasteiger partial charge in [-0.2, -0.15) is 5.10 Å². The molecule has 0 saturated heterocycles. The molecular weight excluding hydrogens is 218 g/mol. The lowest BCUT2D eigenvalue weighted by atomic mass is 10.2. The molecule has 0 spiro atoms. The average Bonchev–Trinajstić information content (AvgIpc) is 2.83. The van der Waals surface area contributed by atoms with Crippen LogP contribution in [-0.4, -0.2) is 10.2 Å². The number of thiophene rings is 1. The summed E-state index contributed by atoms with van der Waals surface area (Å²) in [5.41, 5.74) is 2.45. The molecule has 0 saturated carbocycles. The molecule has 4 heteroatoms. The standard InChI is InChI=1S/C12H17N3S/c1-4-11-9(3)12(15-14-11)13-7-10-6-5-8(2)16-10/h5-6H,4,7H2,1-3H3,(H2,13,14,15). The molecule has 86 valence electrons. The summed E-state index contributed by atoms with van der Waals surface area (Å²) in [4.78, 5) is 2.70. The van der Waals surface area contributed by atoms with E-state index in [9.17, 15) is 0 Å². The zero-order valence-electron chi connectivity index (χ0n) is 9.92. The summed E-state index contributed by atoms with van der Waals surface area (Å²) in [6, 6.07) is 4.31. The summed E-state index contributed by atoms with van der Waals surface area (Å²) in [5.74, 6) is 0.975. The molecule has 2 rings (SSSR count). The molecule has 0 amide bonds. The third-order valence-electron chi connectivity index (χ3n) is 2.69. The Balaban J connectivity index is 2.02. The first-order valence-electron chi connectivity index (χ1n) is 5.53. The Hall–Kier alpha value is -1.29. The smallest absolute Gasteiger partial charge is 0.151 e. The van der Waals surface area contributed by atoms with E-state index in [1.807, 2.05) is 11.3 Å². The van der Waals surface area contributed by atoms with Gasteiger partial charge in [-0.05, 0) is 32.4 Å². The molecule has 2 aromatic rings. The van der Waals surface area contributed by atoms with Crippen LogP contribution in [0.2, 0.25) is 0 Å². The molecule has 0 bridgehead atoms. The summed E-state index contributed by atoms with van der Waals surface area (Å²) < 4.78 is 0. The zero-order chi connectivity index (χ0) is 11.5. The molecule has 2 aromatic heterocycles. The van der Waals surface area contributed by atoms with Crippen molar-refractivity contribution in [2.45, 2.75) is 33.7 Å². The Labute approximate surface area is 99.9 Å². The molecule has 2 N–H and O–H groups in total. The molecule has 0 atom stereocenters. The lowest BCUT2D eigenvalue weighted by Gasteiger charge is -2.02. The van der Waals surface area contributed by atoms with Crippen molar-refractivity contribution < 1.29 is 0 Å². The Kier molecular flexibility index (Phi) is 3.29. The quantitative estimate of drug-likeness (QED) is 0.854. The maximum Gasteiger partial charge on any atom is 0.151 e. The van der Waals surface area contributed by atoms with Gasteiger partial charge in [-0.15, -0.1) is 11.3 Å². The van der Waals surface area contributed by atoms with Crippen molar-refractivity contribution in [3.8, 4) is 0 Å². The van der Waals surface area contributed by atoms with Gasteiger partial charge in [-0.25, -0.2) is 0 Å². The predicted molar refractivity (Wildman–Crippen MR) is 69.1 cm³/mol. The van der Waals surface area contributed by atoms with Crippen molar-refractivity contribution in [3.63, 3.8) is 0 Å². The SMILES string of the molecule is CCc1[nH]nc(NCc2ccc(C)s2)c1C. The second kappa shape index (κ2) is 4.70. The molecule has 16 heavy (non-hydrogen) atoms. The van der Waals surface area contributed by atoms with Gasteiger partial charge in [-0.1, -0.05) is 6.92 Å². The highest BCUT2D eigenvalue weighted by Crippen LogP contribution is 2.19. The third kappa shape index (κ3) is 2.27. The van der Waals surface area contributed by atoms with Crippen LogP contribution in [0.15, 0.2) is 12.1 Å². The van der Waals surface area contributed by atoms with Crippen molar-refractivity contribution in [2.75, 3.05) is 5.32 Å². The lowest BCUT2D eigenvalue weighted by molar-refractivity contribution is 0.966.